The first-order valence-electron chi connectivity index (χ1n) is 4.39. The number of nitrogen functional groups attached to an aromatic ring is 1. The third-order valence-corrected chi connectivity index (χ3v) is 2.00. The highest BCUT2D eigenvalue weighted by molar-refractivity contribution is 5.92. The van der Waals surface area contributed by atoms with Gasteiger partial charge in [-0.15, -0.1) is 0 Å². The minimum absolute atomic E-state index is 0.242. The number of carboxylic acids is 1. The normalized spacial score (nSPS) is 11.2. The van der Waals surface area contributed by atoms with E-state index < -0.39 is 5.97 Å². The van der Waals surface area contributed by atoms with Crippen molar-refractivity contribution in [2.75, 3.05) is 12.8 Å². The molecule has 4 nitrogen and oxygen atoms in total. The van der Waals surface area contributed by atoms with Gasteiger partial charge in [0.25, 0.3) is 0 Å². The van der Waals surface area contributed by atoms with E-state index in [1.807, 2.05) is 0 Å². The largest absolute Gasteiger partial charge is 0.497 e. The lowest BCUT2D eigenvalue weighted by molar-refractivity contribution is -0.132. The lowest BCUT2D eigenvalue weighted by atomic mass is 10.1. The van der Waals surface area contributed by atoms with Crippen LogP contribution in [0.2, 0.25) is 0 Å². The van der Waals surface area contributed by atoms with Gasteiger partial charge in [-0.2, -0.15) is 0 Å². The SMILES string of the molecule is COc1ccc(/C=C(\C)C(=O)O)c(N)c1. The fraction of sp³-hybridized carbons (Fsp3) is 0.182. The van der Waals surface area contributed by atoms with Crippen molar-refractivity contribution in [1.82, 2.24) is 0 Å². The maximum atomic E-state index is 10.6. The van der Waals surface area contributed by atoms with Crippen LogP contribution in [0.5, 0.6) is 5.75 Å². The minimum Gasteiger partial charge on any atom is -0.497 e. The number of aliphatic carboxylic acids is 1. The van der Waals surface area contributed by atoms with Gasteiger partial charge in [-0.3, -0.25) is 0 Å². The molecule has 0 aromatic heterocycles. The quantitative estimate of drug-likeness (QED) is 0.585. The molecule has 0 aliphatic heterocycles. The first-order chi connectivity index (χ1) is 7.04. The molecule has 0 heterocycles. The summed E-state index contributed by atoms with van der Waals surface area (Å²) in [5.41, 5.74) is 7.14. The van der Waals surface area contributed by atoms with E-state index in [0.717, 1.165) is 0 Å². The summed E-state index contributed by atoms with van der Waals surface area (Å²) in [6.07, 6.45) is 1.52. The number of hydrogen-bond acceptors (Lipinski definition) is 3. The van der Waals surface area contributed by atoms with E-state index in [0.29, 0.717) is 17.0 Å². The second-order valence-electron chi connectivity index (χ2n) is 3.13. The molecule has 0 unspecified atom stereocenters. The van der Waals surface area contributed by atoms with E-state index in [-0.39, 0.29) is 5.57 Å². The summed E-state index contributed by atoms with van der Waals surface area (Å²) in [7, 11) is 1.55. The smallest absolute Gasteiger partial charge is 0.331 e. The van der Waals surface area contributed by atoms with Crippen molar-refractivity contribution in [2.24, 2.45) is 0 Å². The molecule has 0 bridgehead atoms. The zero-order valence-corrected chi connectivity index (χ0v) is 8.65. The van der Waals surface area contributed by atoms with Gasteiger partial charge in [-0.25, -0.2) is 4.79 Å². The first-order valence-corrected chi connectivity index (χ1v) is 4.39. The number of anilines is 1. The fourth-order valence-corrected chi connectivity index (χ4v) is 1.11. The number of carbonyl (C=O) groups is 1. The third-order valence-electron chi connectivity index (χ3n) is 2.00. The zero-order chi connectivity index (χ0) is 11.4. The van der Waals surface area contributed by atoms with Crippen molar-refractivity contribution in [3.63, 3.8) is 0 Å². The van der Waals surface area contributed by atoms with Crippen LogP contribution in [0.1, 0.15) is 12.5 Å². The van der Waals surface area contributed by atoms with Gasteiger partial charge in [0.2, 0.25) is 0 Å². The Bertz CT molecular complexity index is 410. The molecule has 0 fully saturated rings. The molecule has 1 rings (SSSR count). The number of benzene rings is 1. The van der Waals surface area contributed by atoms with Crippen LogP contribution in [-0.2, 0) is 4.79 Å². The summed E-state index contributed by atoms with van der Waals surface area (Å²) < 4.78 is 4.99. The molecular weight excluding hydrogens is 194 g/mol. The second kappa shape index (κ2) is 4.50. The Balaban J connectivity index is 3.07. The maximum Gasteiger partial charge on any atom is 0.331 e. The van der Waals surface area contributed by atoms with Crippen molar-refractivity contribution in [2.45, 2.75) is 6.92 Å². The molecule has 0 spiro atoms. The van der Waals surface area contributed by atoms with Gasteiger partial charge in [-0.1, -0.05) is 0 Å². The Kier molecular flexibility index (Phi) is 3.33. The molecule has 0 saturated heterocycles. The minimum atomic E-state index is -0.954. The molecule has 80 valence electrons. The van der Waals surface area contributed by atoms with E-state index in [9.17, 15) is 4.79 Å². The van der Waals surface area contributed by atoms with Crippen molar-refractivity contribution in [3.8, 4) is 5.75 Å². The van der Waals surface area contributed by atoms with Crippen LogP contribution < -0.4 is 10.5 Å². The number of hydrogen-bond donors (Lipinski definition) is 2. The molecule has 4 heteroatoms. The van der Waals surface area contributed by atoms with Gasteiger partial charge < -0.3 is 15.6 Å². The molecule has 0 saturated carbocycles. The van der Waals surface area contributed by atoms with Gasteiger partial charge in [0, 0.05) is 17.3 Å². The molecule has 1 aromatic carbocycles. The monoisotopic (exact) mass is 207 g/mol. The lowest BCUT2D eigenvalue weighted by Gasteiger charge is -2.04. The standard InChI is InChI=1S/C11H13NO3/c1-7(11(13)14)5-8-3-4-9(15-2)6-10(8)12/h3-6H,12H2,1-2H3,(H,13,14)/b7-5+. The second-order valence-corrected chi connectivity index (χ2v) is 3.13. The molecule has 0 radical (unpaired) electrons. The highest BCUT2D eigenvalue weighted by Crippen LogP contribution is 2.21. The van der Waals surface area contributed by atoms with Gasteiger partial charge in [0.1, 0.15) is 5.75 Å². The van der Waals surface area contributed by atoms with Crippen molar-refractivity contribution >= 4 is 17.7 Å². The Morgan fingerprint density at radius 3 is 2.67 bits per heavy atom. The van der Waals surface area contributed by atoms with E-state index in [4.69, 9.17) is 15.6 Å². The summed E-state index contributed by atoms with van der Waals surface area (Å²) >= 11 is 0. The predicted octanol–water partition coefficient (Wildman–Crippen LogP) is 1.77. The van der Waals surface area contributed by atoms with Crippen molar-refractivity contribution in [3.05, 3.63) is 29.3 Å². The van der Waals surface area contributed by atoms with Crippen LogP contribution >= 0.6 is 0 Å². The number of rotatable bonds is 3. The van der Waals surface area contributed by atoms with Crippen LogP contribution in [0.15, 0.2) is 23.8 Å². The number of methoxy groups -OCH3 is 1. The first kappa shape index (κ1) is 11.1. The van der Waals surface area contributed by atoms with Gasteiger partial charge in [-0.05, 0) is 30.7 Å². The van der Waals surface area contributed by atoms with E-state index in [1.165, 1.54) is 13.0 Å². The van der Waals surface area contributed by atoms with E-state index in [2.05, 4.69) is 0 Å². The summed E-state index contributed by atoms with van der Waals surface area (Å²) in [6.45, 7) is 1.52. The molecule has 3 N–H and O–H groups in total. The van der Waals surface area contributed by atoms with Gasteiger partial charge >= 0.3 is 5.97 Å². The zero-order valence-electron chi connectivity index (χ0n) is 8.65. The van der Waals surface area contributed by atoms with Crippen LogP contribution in [0.3, 0.4) is 0 Å². The summed E-state index contributed by atoms with van der Waals surface area (Å²) in [6, 6.07) is 5.11. The van der Waals surface area contributed by atoms with Crippen molar-refractivity contribution in [1.29, 1.82) is 0 Å². The highest BCUT2D eigenvalue weighted by atomic mass is 16.5. The Labute approximate surface area is 88.0 Å². The highest BCUT2D eigenvalue weighted by Gasteiger charge is 2.03. The van der Waals surface area contributed by atoms with Crippen LogP contribution in [0.4, 0.5) is 5.69 Å². The lowest BCUT2D eigenvalue weighted by Crippen LogP contribution is -1.97. The predicted molar refractivity (Wildman–Crippen MR) is 58.7 cm³/mol. The number of carboxylic acid groups (broad SMARTS) is 1. The molecular formula is C11H13NO3. The summed E-state index contributed by atoms with van der Waals surface area (Å²) in [5.74, 6) is -0.303. The molecule has 0 aliphatic rings. The maximum absolute atomic E-state index is 10.6. The Morgan fingerprint density at radius 2 is 2.20 bits per heavy atom. The Morgan fingerprint density at radius 1 is 1.53 bits per heavy atom. The molecule has 0 amide bonds. The fourth-order valence-electron chi connectivity index (χ4n) is 1.11. The molecule has 0 aliphatic carbocycles. The van der Waals surface area contributed by atoms with E-state index >= 15 is 0 Å². The van der Waals surface area contributed by atoms with Crippen LogP contribution in [-0.4, -0.2) is 18.2 Å². The summed E-state index contributed by atoms with van der Waals surface area (Å²) in [4.78, 5) is 10.6. The Hall–Kier alpha value is -1.97. The average molecular weight is 207 g/mol. The summed E-state index contributed by atoms with van der Waals surface area (Å²) in [5, 5.41) is 8.70. The number of ether oxygens (including phenoxy) is 1. The topological polar surface area (TPSA) is 72.5 Å². The van der Waals surface area contributed by atoms with Gasteiger partial charge in [0.05, 0.1) is 7.11 Å². The number of nitrogens with two attached hydrogens (primary N) is 1. The molecule has 1 aromatic rings. The van der Waals surface area contributed by atoms with Crippen molar-refractivity contribution < 1.29 is 14.6 Å². The average Bonchev–Trinajstić information content (AvgIpc) is 2.20. The van der Waals surface area contributed by atoms with Crippen LogP contribution in [0.25, 0.3) is 6.08 Å². The van der Waals surface area contributed by atoms with Crippen LogP contribution in [0, 0.1) is 0 Å². The van der Waals surface area contributed by atoms with Gasteiger partial charge in [0.15, 0.2) is 0 Å². The molecule has 15 heavy (non-hydrogen) atoms. The molecule has 0 atom stereocenters. The van der Waals surface area contributed by atoms with E-state index in [1.54, 1.807) is 25.3 Å². The third kappa shape index (κ3) is 2.74.